The molecule has 0 aromatic rings. The van der Waals surface area contributed by atoms with Crippen molar-refractivity contribution in [2.75, 3.05) is 26.4 Å². The highest BCUT2D eigenvalue weighted by molar-refractivity contribution is 5.70. The maximum atomic E-state index is 12.9. The van der Waals surface area contributed by atoms with Gasteiger partial charge in [-0.2, -0.15) is 0 Å². The van der Waals surface area contributed by atoms with Crippen molar-refractivity contribution in [1.82, 2.24) is 0 Å². The fourth-order valence-corrected chi connectivity index (χ4v) is 7.98. The molecule has 15 heteroatoms. The molecule has 2 aliphatic heterocycles. The molecule has 2 saturated heterocycles. The third kappa shape index (κ3) is 24.1. The molecule has 0 bridgehead atoms. The highest BCUT2D eigenvalue weighted by Gasteiger charge is 2.47. The Kier molecular flexibility index (Phi) is 32.6. The molecule has 0 aromatic heterocycles. The average Bonchev–Trinajstić information content (AvgIpc) is 3.26. The SMILES string of the molecule is CCCCCCCCCCCCCCCCCC(=O)OC[C@H](CO[C@@H]1O[C@H](CO[C@@H]2O[C@H](CO)[C@H](O)C(O)C2O)[C@H](O)C(O)C1O)OC(=O)CCCCCCCCCCCCC. The van der Waals surface area contributed by atoms with Crippen LogP contribution in [-0.2, 0) is 38.0 Å². The number of unbranched alkanes of at least 4 members (excludes halogenated alkanes) is 24. The Balaban J connectivity index is 1.81. The maximum absolute atomic E-state index is 12.9. The second kappa shape index (κ2) is 35.7. The monoisotopic (exact) mass is 893 g/mol. The van der Waals surface area contributed by atoms with Crippen LogP contribution in [0.15, 0.2) is 0 Å². The van der Waals surface area contributed by atoms with Crippen molar-refractivity contribution in [3.63, 3.8) is 0 Å². The molecule has 366 valence electrons. The first-order chi connectivity index (χ1) is 30.0. The third-order valence-corrected chi connectivity index (χ3v) is 12.1. The number of esters is 2. The first-order valence-electron chi connectivity index (χ1n) is 24.6. The van der Waals surface area contributed by atoms with Crippen molar-refractivity contribution in [2.45, 2.75) is 261 Å². The zero-order valence-electron chi connectivity index (χ0n) is 38.4. The van der Waals surface area contributed by atoms with Gasteiger partial charge in [0.15, 0.2) is 18.7 Å². The van der Waals surface area contributed by atoms with Crippen molar-refractivity contribution in [2.24, 2.45) is 0 Å². The summed E-state index contributed by atoms with van der Waals surface area (Å²) in [5, 5.41) is 71.9. The second-order valence-electron chi connectivity index (χ2n) is 17.7. The van der Waals surface area contributed by atoms with E-state index in [1.54, 1.807) is 0 Å². The number of hydrogen-bond acceptors (Lipinski definition) is 15. The zero-order chi connectivity index (χ0) is 45.4. The summed E-state index contributed by atoms with van der Waals surface area (Å²) in [6.45, 7) is 2.60. The topological polar surface area (TPSA) is 231 Å². The van der Waals surface area contributed by atoms with E-state index < -0.39 is 92.7 Å². The minimum atomic E-state index is -1.76. The Labute approximate surface area is 372 Å². The highest BCUT2D eigenvalue weighted by Crippen LogP contribution is 2.26. The summed E-state index contributed by atoms with van der Waals surface area (Å²) >= 11 is 0. The molecule has 0 aromatic carbocycles. The van der Waals surface area contributed by atoms with Crippen LogP contribution >= 0.6 is 0 Å². The number of rotatable bonds is 38. The normalized spacial score (nSPS) is 27.0. The summed E-state index contributed by atoms with van der Waals surface area (Å²) < 4.78 is 33.5. The Morgan fingerprint density at radius 1 is 0.452 bits per heavy atom. The van der Waals surface area contributed by atoms with Crippen LogP contribution in [-0.4, -0.2) is 142 Å². The summed E-state index contributed by atoms with van der Waals surface area (Å²) in [6.07, 6.45) is 14.3. The number of ether oxygens (including phenoxy) is 6. The molecule has 2 fully saturated rings. The Bertz CT molecular complexity index is 1100. The van der Waals surface area contributed by atoms with Gasteiger partial charge in [0.25, 0.3) is 0 Å². The van der Waals surface area contributed by atoms with Crippen molar-refractivity contribution in [1.29, 1.82) is 0 Å². The number of aliphatic hydroxyl groups excluding tert-OH is 7. The molecule has 4 unspecified atom stereocenters. The largest absolute Gasteiger partial charge is 0.462 e. The van der Waals surface area contributed by atoms with Crippen LogP contribution in [0.25, 0.3) is 0 Å². The standard InChI is InChI=1S/C47H88O15/c1-3-5-7-9-11-13-15-16-17-18-20-21-23-25-27-29-38(49)57-32-35(60-39(50)30-28-26-24-22-19-14-12-10-8-6-4-2)33-58-46-45(56)43(54)41(52)37(62-46)34-59-47-44(55)42(53)40(51)36(31-48)61-47/h35-37,40-48,51-56H,3-34H2,1-2H3/t35-,36-,37-,40+,41+,42?,43?,44?,45?,46-,47-/m1/s1. The predicted molar refractivity (Wildman–Crippen MR) is 234 cm³/mol. The van der Waals surface area contributed by atoms with Gasteiger partial charge in [0.05, 0.1) is 19.8 Å². The molecular weight excluding hydrogens is 805 g/mol. The van der Waals surface area contributed by atoms with Gasteiger partial charge in [0, 0.05) is 12.8 Å². The first kappa shape index (κ1) is 56.6. The maximum Gasteiger partial charge on any atom is 0.306 e. The Hall–Kier alpha value is -1.50. The van der Waals surface area contributed by atoms with Gasteiger partial charge in [0.1, 0.15) is 55.4 Å². The molecular formula is C47H88O15. The van der Waals surface area contributed by atoms with E-state index in [4.69, 9.17) is 28.4 Å². The van der Waals surface area contributed by atoms with Gasteiger partial charge in [-0.25, -0.2) is 0 Å². The van der Waals surface area contributed by atoms with Crippen molar-refractivity contribution in [3.8, 4) is 0 Å². The zero-order valence-corrected chi connectivity index (χ0v) is 38.4. The van der Waals surface area contributed by atoms with Crippen molar-refractivity contribution >= 4 is 11.9 Å². The van der Waals surface area contributed by atoms with Crippen LogP contribution in [0.5, 0.6) is 0 Å². The van der Waals surface area contributed by atoms with Crippen LogP contribution in [0.3, 0.4) is 0 Å². The molecule has 0 saturated carbocycles. The molecule has 11 atom stereocenters. The third-order valence-electron chi connectivity index (χ3n) is 12.1. The van der Waals surface area contributed by atoms with E-state index in [1.165, 1.54) is 116 Å². The molecule has 0 spiro atoms. The van der Waals surface area contributed by atoms with Crippen LogP contribution in [0, 0.1) is 0 Å². The van der Waals surface area contributed by atoms with E-state index in [9.17, 15) is 45.3 Å². The molecule has 0 radical (unpaired) electrons. The molecule has 2 rings (SSSR count). The predicted octanol–water partition coefficient (Wildman–Crippen LogP) is 6.04. The number of carbonyl (C=O) groups is 2. The van der Waals surface area contributed by atoms with Crippen molar-refractivity contribution < 1.29 is 73.8 Å². The summed E-state index contributed by atoms with van der Waals surface area (Å²) in [5.74, 6) is -0.914. The molecule has 0 aliphatic carbocycles. The summed E-state index contributed by atoms with van der Waals surface area (Å²) in [4.78, 5) is 25.7. The minimum absolute atomic E-state index is 0.172. The number of aliphatic hydroxyl groups is 7. The molecule has 2 aliphatic rings. The van der Waals surface area contributed by atoms with Crippen LogP contribution in [0.1, 0.15) is 194 Å². The molecule has 0 amide bonds. The lowest BCUT2D eigenvalue weighted by molar-refractivity contribution is -0.332. The van der Waals surface area contributed by atoms with E-state index in [2.05, 4.69) is 13.8 Å². The lowest BCUT2D eigenvalue weighted by Gasteiger charge is -2.42. The lowest BCUT2D eigenvalue weighted by atomic mass is 9.98. The van der Waals surface area contributed by atoms with Crippen LogP contribution < -0.4 is 0 Å². The first-order valence-corrected chi connectivity index (χ1v) is 24.6. The van der Waals surface area contributed by atoms with Gasteiger partial charge in [-0.1, -0.05) is 168 Å². The van der Waals surface area contributed by atoms with E-state index in [1.807, 2.05) is 0 Å². The molecule has 62 heavy (non-hydrogen) atoms. The van der Waals surface area contributed by atoms with Gasteiger partial charge < -0.3 is 64.2 Å². The fourth-order valence-electron chi connectivity index (χ4n) is 7.98. The Morgan fingerprint density at radius 2 is 0.823 bits per heavy atom. The lowest BCUT2D eigenvalue weighted by Crippen LogP contribution is -2.61. The smallest absolute Gasteiger partial charge is 0.306 e. The average molecular weight is 893 g/mol. The minimum Gasteiger partial charge on any atom is -0.462 e. The van der Waals surface area contributed by atoms with E-state index >= 15 is 0 Å². The fraction of sp³-hybridized carbons (Fsp3) is 0.957. The quantitative estimate of drug-likeness (QED) is 0.0277. The summed E-state index contributed by atoms with van der Waals surface area (Å²) in [6, 6.07) is 0. The summed E-state index contributed by atoms with van der Waals surface area (Å²) in [7, 11) is 0. The molecule has 15 nitrogen and oxygen atoms in total. The van der Waals surface area contributed by atoms with Gasteiger partial charge in [0.2, 0.25) is 0 Å². The van der Waals surface area contributed by atoms with E-state index in [0.29, 0.717) is 12.8 Å². The van der Waals surface area contributed by atoms with Crippen LogP contribution in [0.4, 0.5) is 0 Å². The van der Waals surface area contributed by atoms with Gasteiger partial charge in [-0.05, 0) is 12.8 Å². The van der Waals surface area contributed by atoms with Gasteiger partial charge in [-0.15, -0.1) is 0 Å². The summed E-state index contributed by atoms with van der Waals surface area (Å²) in [5.41, 5.74) is 0. The van der Waals surface area contributed by atoms with E-state index in [0.717, 1.165) is 38.5 Å². The number of hydrogen-bond donors (Lipinski definition) is 7. The molecule has 2 heterocycles. The van der Waals surface area contributed by atoms with Gasteiger partial charge in [-0.3, -0.25) is 9.59 Å². The highest BCUT2D eigenvalue weighted by atomic mass is 16.7. The van der Waals surface area contributed by atoms with Gasteiger partial charge >= 0.3 is 11.9 Å². The number of carbonyl (C=O) groups excluding carboxylic acids is 2. The van der Waals surface area contributed by atoms with Crippen LogP contribution in [0.2, 0.25) is 0 Å². The molecule has 7 N–H and O–H groups in total. The van der Waals surface area contributed by atoms with E-state index in [-0.39, 0.29) is 26.1 Å². The Morgan fingerprint density at radius 3 is 1.26 bits per heavy atom. The second-order valence-corrected chi connectivity index (χ2v) is 17.7. The van der Waals surface area contributed by atoms with Crippen molar-refractivity contribution in [3.05, 3.63) is 0 Å².